The highest BCUT2D eigenvalue weighted by molar-refractivity contribution is 9.10. The number of aromatic carboxylic acids is 1. The number of nitrogens with one attached hydrogen (secondary N) is 1. The minimum atomic E-state index is -0.951. The summed E-state index contributed by atoms with van der Waals surface area (Å²) in [6, 6.07) is 11.7. The highest BCUT2D eigenvalue weighted by Crippen LogP contribution is 2.51. The summed E-state index contributed by atoms with van der Waals surface area (Å²) in [5, 5.41) is 13.3. The van der Waals surface area contributed by atoms with Crippen LogP contribution in [0, 0.1) is 5.92 Å². The normalized spacial score (nSPS) is 24.2. The van der Waals surface area contributed by atoms with Gasteiger partial charge in [0, 0.05) is 10.4 Å². The van der Waals surface area contributed by atoms with Gasteiger partial charge in [0.1, 0.15) is 0 Å². The van der Waals surface area contributed by atoms with Gasteiger partial charge in [0.2, 0.25) is 0 Å². The minimum Gasteiger partial charge on any atom is -0.478 e. The van der Waals surface area contributed by atoms with Gasteiger partial charge < -0.3 is 10.4 Å². The van der Waals surface area contributed by atoms with E-state index in [1.54, 1.807) is 6.07 Å². The van der Waals surface area contributed by atoms with Crippen molar-refractivity contribution in [2.45, 2.75) is 18.4 Å². The monoisotopic (exact) mass is 403 g/mol. The number of halogens is 2. The van der Waals surface area contributed by atoms with E-state index in [2.05, 4.69) is 45.5 Å². The summed E-state index contributed by atoms with van der Waals surface area (Å²) in [6.07, 6.45) is 5.32. The molecule has 1 heterocycles. The molecule has 1 aliphatic carbocycles. The molecule has 0 fully saturated rings. The first kappa shape index (κ1) is 15.7. The molecular formula is C19H15BrClNO2. The molecule has 0 amide bonds. The molecule has 2 aromatic rings. The largest absolute Gasteiger partial charge is 0.478 e. The van der Waals surface area contributed by atoms with E-state index in [9.17, 15) is 9.90 Å². The highest BCUT2D eigenvalue weighted by atomic mass is 79.9. The number of allylic oxidation sites excluding steroid dienone is 2. The number of carboxylic acid groups (broad SMARTS) is 1. The van der Waals surface area contributed by atoms with E-state index in [1.807, 2.05) is 12.1 Å². The third kappa shape index (κ3) is 2.54. The second kappa shape index (κ2) is 5.94. The fourth-order valence-electron chi connectivity index (χ4n) is 3.78. The Kier molecular flexibility index (Phi) is 3.89. The maximum absolute atomic E-state index is 11.3. The first-order valence-electron chi connectivity index (χ1n) is 7.80. The van der Waals surface area contributed by atoms with Crippen molar-refractivity contribution in [3.8, 4) is 0 Å². The molecule has 3 nitrogen and oxygen atoms in total. The van der Waals surface area contributed by atoms with Crippen LogP contribution >= 0.6 is 27.5 Å². The maximum atomic E-state index is 11.3. The van der Waals surface area contributed by atoms with Crippen LogP contribution in [0.25, 0.3) is 0 Å². The average molecular weight is 405 g/mol. The molecule has 122 valence electrons. The molecule has 24 heavy (non-hydrogen) atoms. The zero-order valence-corrected chi connectivity index (χ0v) is 15.0. The number of anilines is 1. The van der Waals surface area contributed by atoms with E-state index in [1.165, 1.54) is 11.6 Å². The molecule has 5 heteroatoms. The Morgan fingerprint density at radius 1 is 1.25 bits per heavy atom. The van der Waals surface area contributed by atoms with E-state index in [0.717, 1.165) is 22.1 Å². The van der Waals surface area contributed by atoms with Crippen LogP contribution in [0.5, 0.6) is 0 Å². The molecule has 2 aliphatic rings. The quantitative estimate of drug-likeness (QED) is 0.638. The standard InChI is InChI=1S/C19H15BrClNO2/c20-12-6-4-10(5-7-12)17-14-3-1-2-13(14)15-8-11(19(23)24)9-16(21)18(15)22-17/h1-2,4-9,13-14,17,22H,3H2,(H,23,24)/t13-,14+,17+/m0/s1. The van der Waals surface area contributed by atoms with Crippen molar-refractivity contribution in [3.05, 3.63) is 74.7 Å². The Morgan fingerprint density at radius 2 is 2.00 bits per heavy atom. The van der Waals surface area contributed by atoms with Crippen LogP contribution in [-0.2, 0) is 0 Å². The Labute approximate surface area is 153 Å². The lowest BCUT2D eigenvalue weighted by Crippen LogP contribution is -2.29. The van der Waals surface area contributed by atoms with Crippen molar-refractivity contribution < 1.29 is 9.90 Å². The summed E-state index contributed by atoms with van der Waals surface area (Å²) in [6.45, 7) is 0. The van der Waals surface area contributed by atoms with Gasteiger partial charge in [0.05, 0.1) is 22.3 Å². The van der Waals surface area contributed by atoms with Gasteiger partial charge in [-0.15, -0.1) is 0 Å². The van der Waals surface area contributed by atoms with Gasteiger partial charge in [-0.1, -0.05) is 51.8 Å². The fraction of sp³-hybridized carbons (Fsp3) is 0.211. The second-order valence-corrected chi connectivity index (χ2v) is 7.58. The Balaban J connectivity index is 1.82. The van der Waals surface area contributed by atoms with E-state index >= 15 is 0 Å². The van der Waals surface area contributed by atoms with Crippen molar-refractivity contribution in [3.63, 3.8) is 0 Å². The SMILES string of the molecule is O=C(O)c1cc(Cl)c2c(c1)[C@H]1C=CC[C@H]1[C@@H](c1ccc(Br)cc1)N2. The molecule has 3 atom stereocenters. The van der Waals surface area contributed by atoms with Crippen molar-refractivity contribution in [2.75, 3.05) is 5.32 Å². The lowest BCUT2D eigenvalue weighted by atomic mass is 9.76. The van der Waals surface area contributed by atoms with Crippen LogP contribution in [0.1, 0.15) is 39.9 Å². The first-order valence-corrected chi connectivity index (χ1v) is 8.97. The number of hydrogen-bond donors (Lipinski definition) is 2. The molecule has 0 unspecified atom stereocenters. The van der Waals surface area contributed by atoms with E-state index in [-0.39, 0.29) is 17.5 Å². The Hall–Kier alpha value is -1.78. The predicted molar refractivity (Wildman–Crippen MR) is 98.9 cm³/mol. The van der Waals surface area contributed by atoms with Crippen molar-refractivity contribution >= 4 is 39.2 Å². The predicted octanol–water partition coefficient (Wildman–Crippen LogP) is 5.63. The lowest BCUT2D eigenvalue weighted by molar-refractivity contribution is 0.0696. The van der Waals surface area contributed by atoms with Gasteiger partial charge in [-0.2, -0.15) is 0 Å². The number of carboxylic acids is 1. The summed E-state index contributed by atoms with van der Waals surface area (Å²) in [7, 11) is 0. The molecule has 1 aliphatic heterocycles. The highest BCUT2D eigenvalue weighted by Gasteiger charge is 2.39. The fourth-order valence-corrected chi connectivity index (χ4v) is 4.32. The van der Waals surface area contributed by atoms with Crippen LogP contribution in [0.15, 0.2) is 53.0 Å². The summed E-state index contributed by atoms with van der Waals surface area (Å²) in [4.78, 5) is 11.3. The zero-order chi connectivity index (χ0) is 16.8. The summed E-state index contributed by atoms with van der Waals surface area (Å²) in [5.41, 5.74) is 3.28. The molecule has 4 rings (SSSR count). The summed E-state index contributed by atoms with van der Waals surface area (Å²) >= 11 is 9.88. The van der Waals surface area contributed by atoms with Crippen molar-refractivity contribution in [1.82, 2.24) is 0 Å². The first-order chi connectivity index (χ1) is 11.5. The summed E-state index contributed by atoms with van der Waals surface area (Å²) < 4.78 is 1.05. The molecule has 2 aromatic carbocycles. The van der Waals surface area contributed by atoms with Crippen LogP contribution in [0.3, 0.4) is 0 Å². The van der Waals surface area contributed by atoms with Crippen LogP contribution in [0.2, 0.25) is 5.02 Å². The van der Waals surface area contributed by atoms with Crippen LogP contribution in [-0.4, -0.2) is 11.1 Å². The van der Waals surface area contributed by atoms with Gasteiger partial charge >= 0.3 is 5.97 Å². The minimum absolute atomic E-state index is 0.152. The Bertz CT molecular complexity index is 847. The smallest absolute Gasteiger partial charge is 0.335 e. The lowest BCUT2D eigenvalue weighted by Gasteiger charge is -2.38. The third-order valence-electron chi connectivity index (χ3n) is 4.90. The third-order valence-corrected chi connectivity index (χ3v) is 5.72. The molecule has 0 saturated heterocycles. The van der Waals surface area contributed by atoms with Crippen molar-refractivity contribution in [1.29, 1.82) is 0 Å². The second-order valence-electron chi connectivity index (χ2n) is 6.25. The van der Waals surface area contributed by atoms with Gasteiger partial charge in [-0.25, -0.2) is 4.79 Å². The van der Waals surface area contributed by atoms with Crippen LogP contribution < -0.4 is 5.32 Å². The van der Waals surface area contributed by atoms with Gasteiger partial charge in [0.25, 0.3) is 0 Å². The van der Waals surface area contributed by atoms with E-state index < -0.39 is 5.97 Å². The van der Waals surface area contributed by atoms with Crippen LogP contribution in [0.4, 0.5) is 5.69 Å². The van der Waals surface area contributed by atoms with Gasteiger partial charge in [0.15, 0.2) is 0 Å². The summed E-state index contributed by atoms with van der Waals surface area (Å²) in [5.74, 6) is -0.404. The zero-order valence-electron chi connectivity index (χ0n) is 12.7. The van der Waals surface area contributed by atoms with Crippen molar-refractivity contribution in [2.24, 2.45) is 5.92 Å². The van der Waals surface area contributed by atoms with Gasteiger partial charge in [-0.3, -0.25) is 0 Å². The van der Waals surface area contributed by atoms with E-state index in [4.69, 9.17) is 11.6 Å². The number of carbonyl (C=O) groups is 1. The van der Waals surface area contributed by atoms with Gasteiger partial charge in [-0.05, 0) is 47.7 Å². The number of rotatable bonds is 2. The molecule has 0 bridgehead atoms. The topological polar surface area (TPSA) is 49.3 Å². The number of benzene rings is 2. The number of fused-ring (bicyclic) bond motifs is 3. The van der Waals surface area contributed by atoms with E-state index in [0.29, 0.717) is 10.9 Å². The molecular weight excluding hydrogens is 390 g/mol. The maximum Gasteiger partial charge on any atom is 0.335 e. The number of hydrogen-bond acceptors (Lipinski definition) is 2. The molecule has 2 N–H and O–H groups in total. The average Bonchev–Trinajstić information content (AvgIpc) is 3.05. The molecule has 0 radical (unpaired) electrons. The molecule has 0 spiro atoms. The Morgan fingerprint density at radius 3 is 2.71 bits per heavy atom. The molecule has 0 aromatic heterocycles. The molecule has 0 saturated carbocycles.